The summed E-state index contributed by atoms with van der Waals surface area (Å²) in [6.45, 7) is 1.72. The summed E-state index contributed by atoms with van der Waals surface area (Å²) < 4.78 is 1.67. The lowest BCUT2D eigenvalue weighted by Gasteiger charge is -2.29. The van der Waals surface area contributed by atoms with Gasteiger partial charge in [-0.15, -0.1) is 0 Å². The second-order valence-corrected chi connectivity index (χ2v) is 7.36. The molecule has 2 heterocycles. The maximum Gasteiger partial charge on any atom is 0.293 e. The number of amides is 1. The molecule has 1 amide bonds. The van der Waals surface area contributed by atoms with Crippen LogP contribution in [0.3, 0.4) is 0 Å². The van der Waals surface area contributed by atoms with E-state index < -0.39 is 0 Å². The number of hydrogen-bond donors (Lipinski definition) is 0. The van der Waals surface area contributed by atoms with Gasteiger partial charge in [0.25, 0.3) is 5.56 Å². The number of carbonyl (C=O) groups excluding carboxylic acids is 1. The third-order valence-corrected chi connectivity index (χ3v) is 5.29. The van der Waals surface area contributed by atoms with Crippen LogP contribution in [0.25, 0.3) is 11.0 Å². The lowest BCUT2D eigenvalue weighted by atomic mass is 10.00. The molecular formula is C22H24N4O2. The van der Waals surface area contributed by atoms with E-state index >= 15 is 0 Å². The number of benzene rings is 2. The summed E-state index contributed by atoms with van der Waals surface area (Å²) in [5.74, 6) is 0.465. The fraction of sp³-hybridized carbons (Fsp3) is 0.318. The zero-order chi connectivity index (χ0) is 19.7. The molecule has 6 heteroatoms. The minimum absolute atomic E-state index is 0.0775. The lowest BCUT2D eigenvalue weighted by Crippen LogP contribution is -2.37. The van der Waals surface area contributed by atoms with E-state index in [1.54, 1.807) is 23.6 Å². The molecule has 0 saturated carbocycles. The quantitative estimate of drug-likeness (QED) is 0.702. The smallest absolute Gasteiger partial charge is 0.293 e. The number of fused-ring (bicyclic) bond motifs is 2. The number of aromatic nitrogens is 2. The minimum atomic E-state index is -0.166. The predicted molar refractivity (Wildman–Crippen MR) is 111 cm³/mol. The predicted octanol–water partition coefficient (Wildman–Crippen LogP) is 2.44. The molecule has 28 heavy (non-hydrogen) atoms. The summed E-state index contributed by atoms with van der Waals surface area (Å²) in [5.41, 5.74) is 3.88. The highest BCUT2D eigenvalue weighted by Crippen LogP contribution is 2.19. The van der Waals surface area contributed by atoms with Gasteiger partial charge in [-0.05, 0) is 29.7 Å². The largest absolute Gasteiger partial charge is 0.358 e. The summed E-state index contributed by atoms with van der Waals surface area (Å²) in [6, 6.07) is 15.8. The molecule has 0 unspecified atom stereocenters. The number of anilines is 1. The Hall–Kier alpha value is -3.15. The van der Waals surface area contributed by atoms with Crippen LogP contribution in [0.2, 0.25) is 0 Å². The average Bonchev–Trinajstić information content (AvgIpc) is 2.72. The summed E-state index contributed by atoms with van der Waals surface area (Å²) >= 11 is 0. The molecular weight excluding hydrogens is 352 g/mol. The number of carbonyl (C=O) groups is 1. The van der Waals surface area contributed by atoms with Gasteiger partial charge in [-0.25, -0.2) is 4.98 Å². The molecule has 2 aromatic carbocycles. The van der Waals surface area contributed by atoms with Gasteiger partial charge in [-0.3, -0.25) is 9.59 Å². The van der Waals surface area contributed by atoms with Gasteiger partial charge in [0.05, 0.1) is 11.0 Å². The van der Waals surface area contributed by atoms with Crippen LogP contribution in [0.4, 0.5) is 5.82 Å². The fourth-order valence-corrected chi connectivity index (χ4v) is 3.77. The van der Waals surface area contributed by atoms with E-state index in [0.717, 1.165) is 24.0 Å². The highest BCUT2D eigenvalue weighted by Gasteiger charge is 2.21. The molecule has 0 atom stereocenters. The Morgan fingerprint density at radius 1 is 1.07 bits per heavy atom. The van der Waals surface area contributed by atoms with Gasteiger partial charge in [-0.1, -0.05) is 36.4 Å². The first-order valence-corrected chi connectivity index (χ1v) is 9.56. The van der Waals surface area contributed by atoms with Crippen molar-refractivity contribution < 1.29 is 4.79 Å². The Balaban J connectivity index is 1.57. The Kier molecular flexibility index (Phi) is 4.86. The van der Waals surface area contributed by atoms with Crippen molar-refractivity contribution in [2.24, 2.45) is 0 Å². The molecule has 6 nitrogen and oxygen atoms in total. The van der Waals surface area contributed by atoms with Crippen molar-refractivity contribution in [3.8, 4) is 0 Å². The second kappa shape index (κ2) is 7.46. The second-order valence-electron chi connectivity index (χ2n) is 7.36. The van der Waals surface area contributed by atoms with Crippen molar-refractivity contribution in [2.45, 2.75) is 25.9 Å². The number of hydrogen-bond acceptors (Lipinski definition) is 4. The van der Waals surface area contributed by atoms with Crippen LogP contribution < -0.4 is 10.5 Å². The zero-order valence-electron chi connectivity index (χ0n) is 16.3. The van der Waals surface area contributed by atoms with Crippen LogP contribution in [0.15, 0.2) is 53.3 Å². The van der Waals surface area contributed by atoms with Gasteiger partial charge in [0.2, 0.25) is 5.91 Å². The monoisotopic (exact) mass is 376 g/mol. The van der Waals surface area contributed by atoms with Crippen LogP contribution in [-0.4, -0.2) is 41.0 Å². The van der Waals surface area contributed by atoms with Crippen molar-refractivity contribution in [3.05, 3.63) is 70.0 Å². The Morgan fingerprint density at radius 2 is 1.79 bits per heavy atom. The van der Waals surface area contributed by atoms with E-state index in [1.807, 2.05) is 41.3 Å². The fourth-order valence-electron chi connectivity index (χ4n) is 3.77. The Bertz CT molecular complexity index is 1090. The first-order chi connectivity index (χ1) is 13.5. The molecule has 1 aliphatic heterocycles. The number of rotatable bonds is 4. The number of aryl methyl sites for hydroxylation is 1. The molecule has 0 aliphatic carbocycles. The maximum absolute atomic E-state index is 12.9. The van der Waals surface area contributed by atoms with E-state index in [1.165, 1.54) is 11.1 Å². The molecule has 0 N–H and O–H groups in total. The van der Waals surface area contributed by atoms with E-state index in [4.69, 9.17) is 0 Å². The Labute approximate surface area is 164 Å². The van der Waals surface area contributed by atoms with Crippen LogP contribution in [0.1, 0.15) is 17.5 Å². The van der Waals surface area contributed by atoms with Crippen molar-refractivity contribution in [1.82, 2.24) is 14.5 Å². The molecule has 0 saturated heterocycles. The molecule has 4 rings (SSSR count). The zero-order valence-corrected chi connectivity index (χ0v) is 16.3. The number of nitrogens with zero attached hydrogens (tertiary/aromatic N) is 4. The first kappa shape index (κ1) is 18.2. The highest BCUT2D eigenvalue weighted by atomic mass is 16.2. The summed E-state index contributed by atoms with van der Waals surface area (Å²) in [5, 5.41) is 0. The summed E-state index contributed by atoms with van der Waals surface area (Å²) in [6.07, 6.45) is 1.17. The molecule has 0 bridgehead atoms. The van der Waals surface area contributed by atoms with Gasteiger partial charge in [-0.2, -0.15) is 0 Å². The minimum Gasteiger partial charge on any atom is -0.358 e. The molecule has 1 aromatic heterocycles. The molecule has 0 radical (unpaired) electrons. The van der Waals surface area contributed by atoms with E-state index in [0.29, 0.717) is 25.3 Å². The average molecular weight is 376 g/mol. The molecule has 0 spiro atoms. The summed E-state index contributed by atoms with van der Waals surface area (Å²) in [4.78, 5) is 33.8. The van der Waals surface area contributed by atoms with Crippen LogP contribution in [0, 0.1) is 0 Å². The van der Waals surface area contributed by atoms with Crippen LogP contribution in [0.5, 0.6) is 0 Å². The van der Waals surface area contributed by atoms with Crippen molar-refractivity contribution >= 4 is 22.8 Å². The van der Waals surface area contributed by atoms with E-state index in [-0.39, 0.29) is 11.5 Å². The summed E-state index contributed by atoms with van der Waals surface area (Å²) in [7, 11) is 3.61. The SMILES string of the molecule is CN(C)c1nc2ccccc2n(CCC(=O)N2CCc3ccccc3C2)c1=O. The van der Waals surface area contributed by atoms with E-state index in [9.17, 15) is 9.59 Å². The van der Waals surface area contributed by atoms with E-state index in [2.05, 4.69) is 17.1 Å². The van der Waals surface area contributed by atoms with Crippen LogP contribution in [-0.2, 0) is 24.3 Å². The molecule has 144 valence electrons. The van der Waals surface area contributed by atoms with Gasteiger partial charge >= 0.3 is 0 Å². The molecule has 1 aliphatic rings. The third kappa shape index (κ3) is 3.38. The van der Waals surface area contributed by atoms with Crippen LogP contribution >= 0.6 is 0 Å². The molecule has 0 fully saturated rings. The van der Waals surface area contributed by atoms with Gasteiger partial charge in [0.1, 0.15) is 0 Å². The van der Waals surface area contributed by atoms with Crippen molar-refractivity contribution in [1.29, 1.82) is 0 Å². The topological polar surface area (TPSA) is 58.4 Å². The first-order valence-electron chi connectivity index (χ1n) is 9.56. The van der Waals surface area contributed by atoms with Gasteiger partial charge < -0.3 is 14.4 Å². The van der Waals surface area contributed by atoms with Crippen molar-refractivity contribution in [2.75, 3.05) is 25.5 Å². The van der Waals surface area contributed by atoms with Gasteiger partial charge in [0, 0.05) is 40.2 Å². The lowest BCUT2D eigenvalue weighted by molar-refractivity contribution is -0.132. The maximum atomic E-state index is 12.9. The van der Waals surface area contributed by atoms with Crippen molar-refractivity contribution in [3.63, 3.8) is 0 Å². The number of para-hydroxylation sites is 2. The third-order valence-electron chi connectivity index (χ3n) is 5.29. The highest BCUT2D eigenvalue weighted by molar-refractivity contribution is 5.78. The molecule has 3 aromatic rings. The standard InChI is InChI=1S/C22H24N4O2/c1-24(2)21-22(28)26(19-10-6-5-9-18(19)23-21)14-12-20(27)25-13-11-16-7-3-4-8-17(16)15-25/h3-10H,11-15H2,1-2H3. The Morgan fingerprint density at radius 3 is 2.57 bits per heavy atom. The normalized spacial score (nSPS) is 13.4. The van der Waals surface area contributed by atoms with Gasteiger partial charge in [0.15, 0.2) is 5.82 Å².